The third kappa shape index (κ3) is 2.97. The summed E-state index contributed by atoms with van der Waals surface area (Å²) in [7, 11) is 1.29. The van der Waals surface area contributed by atoms with E-state index in [4.69, 9.17) is 11.6 Å². The zero-order valence-electron chi connectivity index (χ0n) is 7.17. The van der Waals surface area contributed by atoms with Gasteiger partial charge in [-0.1, -0.05) is 19.0 Å². The number of carbonyl (C=O) groups excluding carboxylic acids is 1. The molecule has 0 fully saturated rings. The molecule has 0 aromatic carbocycles. The van der Waals surface area contributed by atoms with Gasteiger partial charge in [0.2, 0.25) is 0 Å². The average Bonchev–Trinajstić information content (AvgIpc) is 2.08. The Bertz CT molecular complexity index is 317. The van der Waals surface area contributed by atoms with Gasteiger partial charge in [0.1, 0.15) is 10.8 Å². The highest BCUT2D eigenvalue weighted by Crippen LogP contribution is 2.19. The molecule has 0 aliphatic heterocycles. The molecule has 1 rings (SSSR count). The van der Waals surface area contributed by atoms with Gasteiger partial charge < -0.3 is 4.74 Å². The van der Waals surface area contributed by atoms with Crippen LogP contribution in [-0.2, 0) is 4.74 Å². The van der Waals surface area contributed by atoms with Crippen LogP contribution < -0.4 is 0 Å². The number of carbonyl (C=O) groups is 1. The van der Waals surface area contributed by atoms with Crippen molar-refractivity contribution < 1.29 is 9.53 Å². The first-order valence-corrected chi connectivity index (χ1v) is 4.22. The maximum Gasteiger partial charge on any atom is 0.356 e. The molecule has 0 unspecified atom stereocenters. The molecule has 0 aliphatic rings. The van der Waals surface area contributed by atoms with Gasteiger partial charge in [-0.05, 0) is 28.1 Å². The van der Waals surface area contributed by atoms with Crippen molar-refractivity contribution in [2.75, 3.05) is 7.11 Å². The third-order valence-corrected chi connectivity index (χ3v) is 2.35. The van der Waals surface area contributed by atoms with Crippen molar-refractivity contribution in [1.82, 2.24) is 4.98 Å². The van der Waals surface area contributed by atoms with Crippen molar-refractivity contribution in [1.29, 1.82) is 0 Å². The minimum absolute atomic E-state index is 0. The molecule has 0 spiro atoms. The largest absolute Gasteiger partial charge is 0.464 e. The fraction of sp³-hybridized carbons (Fsp3) is 0.125. The van der Waals surface area contributed by atoms with Crippen LogP contribution >= 0.6 is 27.5 Å². The molecule has 0 atom stereocenters. The molecule has 0 bridgehead atoms. The van der Waals surface area contributed by atoms with Crippen LogP contribution in [-0.4, -0.2) is 18.1 Å². The summed E-state index contributed by atoms with van der Waals surface area (Å²) in [5.41, 5.74) is 0.200. The van der Waals surface area contributed by atoms with Crippen molar-refractivity contribution in [2.45, 2.75) is 0 Å². The number of pyridine rings is 1. The van der Waals surface area contributed by atoms with E-state index in [0.29, 0.717) is 4.47 Å². The van der Waals surface area contributed by atoms with Gasteiger partial charge in [-0.15, -0.1) is 0 Å². The molecule has 0 saturated carbocycles. The smallest absolute Gasteiger partial charge is 0.356 e. The predicted molar refractivity (Wildman–Crippen MR) is 54.7 cm³/mol. The monoisotopic (exact) mass is 264 g/mol. The topological polar surface area (TPSA) is 39.2 Å². The fourth-order valence-electron chi connectivity index (χ4n) is 0.636. The highest BCUT2D eigenvalue weighted by atomic mass is 79.9. The Kier molecular flexibility index (Phi) is 4.95. The summed E-state index contributed by atoms with van der Waals surface area (Å²) < 4.78 is 5.11. The number of hydrogen-bond donors (Lipinski definition) is 0. The van der Waals surface area contributed by atoms with E-state index in [9.17, 15) is 4.79 Å². The Morgan fingerprint density at radius 3 is 2.69 bits per heavy atom. The summed E-state index contributed by atoms with van der Waals surface area (Å²) in [6, 6.07) is 3.17. The van der Waals surface area contributed by atoms with Crippen LogP contribution in [0.5, 0.6) is 0 Å². The second kappa shape index (κ2) is 5.19. The van der Waals surface area contributed by atoms with Gasteiger partial charge in [0.25, 0.3) is 0 Å². The summed E-state index contributed by atoms with van der Waals surface area (Å²) in [6.07, 6.45) is 0. The molecule has 1 radical (unpaired) electrons. The molecule has 1 aromatic heterocycles. The molecule has 71 valence electrons. The standard InChI is InChI=1S/C7H5BrClNO2.CH3/c1-12-7(11)5-3-2-4(8)6(9)10-5;/h2-3H,1H3;1H3. The molecule has 0 aliphatic carbocycles. The van der Waals surface area contributed by atoms with E-state index in [1.54, 1.807) is 6.07 Å². The average molecular weight is 266 g/mol. The van der Waals surface area contributed by atoms with Crippen molar-refractivity contribution in [3.63, 3.8) is 0 Å². The molecule has 3 nitrogen and oxygen atoms in total. The minimum atomic E-state index is -0.496. The lowest BCUT2D eigenvalue weighted by Gasteiger charge is -1.99. The molecule has 0 amide bonds. The lowest BCUT2D eigenvalue weighted by atomic mass is 10.4. The summed E-state index contributed by atoms with van der Waals surface area (Å²) in [4.78, 5) is 14.7. The van der Waals surface area contributed by atoms with Crippen LogP contribution in [0.4, 0.5) is 0 Å². The van der Waals surface area contributed by atoms with E-state index in [0.717, 1.165) is 0 Å². The normalized spacial score (nSPS) is 8.85. The second-order valence-electron chi connectivity index (χ2n) is 1.96. The number of methoxy groups -OCH3 is 1. The highest BCUT2D eigenvalue weighted by Gasteiger charge is 2.08. The Hall–Kier alpha value is -0.610. The lowest BCUT2D eigenvalue weighted by Crippen LogP contribution is -2.03. The molecule has 0 saturated heterocycles. The summed E-state index contributed by atoms with van der Waals surface area (Å²) in [5.74, 6) is -0.496. The van der Waals surface area contributed by atoms with Crippen LogP contribution in [0.25, 0.3) is 0 Å². The van der Waals surface area contributed by atoms with E-state index in [1.807, 2.05) is 0 Å². The highest BCUT2D eigenvalue weighted by molar-refractivity contribution is 9.10. The second-order valence-corrected chi connectivity index (χ2v) is 3.17. The summed E-state index contributed by atoms with van der Waals surface area (Å²) in [5, 5.41) is 0.248. The Labute approximate surface area is 90.2 Å². The lowest BCUT2D eigenvalue weighted by molar-refractivity contribution is 0.0594. The molecule has 5 heteroatoms. The van der Waals surface area contributed by atoms with Crippen molar-refractivity contribution >= 4 is 33.5 Å². The predicted octanol–water partition coefficient (Wildman–Crippen LogP) is 2.73. The zero-order chi connectivity index (χ0) is 9.14. The van der Waals surface area contributed by atoms with Crippen LogP contribution in [0, 0.1) is 7.43 Å². The fourth-order valence-corrected chi connectivity index (χ4v) is 1.01. The molecule has 0 N–H and O–H groups in total. The van der Waals surface area contributed by atoms with Crippen LogP contribution in [0.3, 0.4) is 0 Å². The summed E-state index contributed by atoms with van der Waals surface area (Å²) >= 11 is 8.80. The number of esters is 1. The molecule has 1 aromatic rings. The van der Waals surface area contributed by atoms with Gasteiger partial charge in [-0.3, -0.25) is 0 Å². The third-order valence-electron chi connectivity index (χ3n) is 1.20. The number of hydrogen-bond acceptors (Lipinski definition) is 3. The SMILES string of the molecule is COC(=O)c1ccc(Br)c(Cl)n1.[CH3]. The van der Waals surface area contributed by atoms with Gasteiger partial charge in [-0.2, -0.15) is 0 Å². The maximum absolute atomic E-state index is 10.9. The van der Waals surface area contributed by atoms with E-state index in [-0.39, 0.29) is 18.3 Å². The maximum atomic E-state index is 10.9. The molecular weight excluding hydrogens is 257 g/mol. The number of aromatic nitrogens is 1. The number of nitrogens with zero attached hydrogens (tertiary/aromatic N) is 1. The Balaban J connectivity index is 0.00000144. The first-order chi connectivity index (χ1) is 5.65. The number of halogens is 2. The minimum Gasteiger partial charge on any atom is -0.464 e. The number of ether oxygens (including phenoxy) is 1. The molecular formula is C8H8BrClNO2. The van der Waals surface area contributed by atoms with E-state index in [1.165, 1.54) is 13.2 Å². The van der Waals surface area contributed by atoms with E-state index < -0.39 is 5.97 Å². The van der Waals surface area contributed by atoms with Gasteiger partial charge in [0.15, 0.2) is 0 Å². The van der Waals surface area contributed by atoms with Gasteiger partial charge >= 0.3 is 5.97 Å². The van der Waals surface area contributed by atoms with Crippen molar-refractivity contribution in [3.8, 4) is 0 Å². The Morgan fingerprint density at radius 2 is 2.23 bits per heavy atom. The van der Waals surface area contributed by atoms with Crippen molar-refractivity contribution in [3.05, 3.63) is 34.9 Å². The zero-order valence-corrected chi connectivity index (χ0v) is 9.52. The van der Waals surface area contributed by atoms with Gasteiger partial charge in [0, 0.05) is 0 Å². The molecule has 13 heavy (non-hydrogen) atoms. The van der Waals surface area contributed by atoms with Crippen LogP contribution in [0.15, 0.2) is 16.6 Å². The molecule has 1 heterocycles. The summed E-state index contributed by atoms with van der Waals surface area (Å²) in [6.45, 7) is 0. The van der Waals surface area contributed by atoms with Gasteiger partial charge in [0.05, 0.1) is 11.6 Å². The van der Waals surface area contributed by atoms with Gasteiger partial charge in [-0.25, -0.2) is 9.78 Å². The van der Waals surface area contributed by atoms with E-state index in [2.05, 4.69) is 25.7 Å². The van der Waals surface area contributed by atoms with Crippen LogP contribution in [0.1, 0.15) is 10.5 Å². The van der Waals surface area contributed by atoms with Crippen molar-refractivity contribution in [2.24, 2.45) is 0 Å². The Morgan fingerprint density at radius 1 is 1.62 bits per heavy atom. The quantitative estimate of drug-likeness (QED) is 0.579. The first kappa shape index (κ1) is 12.4. The van der Waals surface area contributed by atoms with E-state index >= 15 is 0 Å². The first-order valence-electron chi connectivity index (χ1n) is 3.05. The number of rotatable bonds is 1. The van der Waals surface area contributed by atoms with Crippen LogP contribution in [0.2, 0.25) is 5.15 Å².